The van der Waals surface area contributed by atoms with Crippen LogP contribution in [0.3, 0.4) is 0 Å². The van der Waals surface area contributed by atoms with Crippen molar-refractivity contribution in [2.45, 2.75) is 19.8 Å². The third kappa shape index (κ3) is 2.97. The maximum Gasteiger partial charge on any atom is 0.289 e. The molecule has 0 saturated carbocycles. The van der Waals surface area contributed by atoms with Gasteiger partial charge < -0.3 is 9.84 Å². The van der Waals surface area contributed by atoms with Gasteiger partial charge in [0.05, 0.1) is 5.69 Å². The molecule has 2 aromatic rings. The Kier molecular flexibility index (Phi) is 3.77. The van der Waals surface area contributed by atoms with E-state index in [0.29, 0.717) is 12.2 Å². The van der Waals surface area contributed by atoms with Gasteiger partial charge in [-0.1, -0.05) is 42.4 Å². The summed E-state index contributed by atoms with van der Waals surface area (Å²) in [7, 11) is 0. The Hall–Kier alpha value is -2.10. The first-order valence-electron chi connectivity index (χ1n) is 5.93. The summed E-state index contributed by atoms with van der Waals surface area (Å²) in [4.78, 5) is 11.7. The zero-order valence-electron chi connectivity index (χ0n) is 10.5. The van der Waals surface area contributed by atoms with E-state index in [2.05, 4.69) is 29.5 Å². The summed E-state index contributed by atoms with van der Waals surface area (Å²) in [6, 6.07) is 11.7. The highest BCUT2D eigenvalue weighted by Gasteiger charge is 2.13. The molecule has 4 nitrogen and oxygen atoms in total. The van der Waals surface area contributed by atoms with Crippen molar-refractivity contribution in [2.75, 3.05) is 6.54 Å². The molecule has 1 atom stereocenters. The fourth-order valence-electron chi connectivity index (χ4n) is 1.70. The summed E-state index contributed by atoms with van der Waals surface area (Å²) in [6.07, 6.45) is 0. The number of hydrogen-bond acceptors (Lipinski definition) is 3. The Balaban J connectivity index is 1.90. The molecule has 1 aromatic carbocycles. The molecule has 1 N–H and O–H groups in total. The van der Waals surface area contributed by atoms with Gasteiger partial charge in [-0.05, 0) is 18.4 Å². The normalized spacial score (nSPS) is 12.1. The molecule has 0 fully saturated rings. The lowest BCUT2D eigenvalue weighted by molar-refractivity contribution is 0.0914. The van der Waals surface area contributed by atoms with Gasteiger partial charge in [-0.2, -0.15) is 0 Å². The summed E-state index contributed by atoms with van der Waals surface area (Å²) >= 11 is 0. The maximum atomic E-state index is 11.7. The molecule has 0 bridgehead atoms. The topological polar surface area (TPSA) is 55.1 Å². The Morgan fingerprint density at radius 3 is 2.72 bits per heavy atom. The lowest BCUT2D eigenvalue weighted by Gasteiger charge is -2.11. The zero-order chi connectivity index (χ0) is 13.0. The molecule has 1 amide bonds. The van der Waals surface area contributed by atoms with Gasteiger partial charge in [-0.15, -0.1) is 0 Å². The Labute approximate surface area is 106 Å². The molecule has 0 unspecified atom stereocenters. The molecule has 0 aliphatic carbocycles. The highest BCUT2D eigenvalue weighted by molar-refractivity contribution is 5.91. The van der Waals surface area contributed by atoms with E-state index in [-0.39, 0.29) is 17.6 Å². The molecular formula is C14H16N2O2. The van der Waals surface area contributed by atoms with Gasteiger partial charge >= 0.3 is 0 Å². The first-order valence-corrected chi connectivity index (χ1v) is 5.93. The average Bonchev–Trinajstić information content (AvgIpc) is 2.83. The molecule has 0 spiro atoms. The van der Waals surface area contributed by atoms with Crippen LogP contribution in [0.2, 0.25) is 0 Å². The van der Waals surface area contributed by atoms with Crippen molar-refractivity contribution in [2.24, 2.45) is 0 Å². The molecule has 0 aliphatic rings. The first-order chi connectivity index (χ1) is 8.66. The number of nitrogens with zero attached hydrogens (tertiary/aromatic N) is 1. The Morgan fingerprint density at radius 2 is 2.11 bits per heavy atom. The van der Waals surface area contributed by atoms with Crippen LogP contribution in [0.5, 0.6) is 0 Å². The molecule has 0 aliphatic heterocycles. The molecular weight excluding hydrogens is 228 g/mol. The summed E-state index contributed by atoms with van der Waals surface area (Å²) in [5.41, 5.74) is 1.91. The quantitative estimate of drug-likeness (QED) is 0.899. The number of benzene rings is 1. The van der Waals surface area contributed by atoms with Gasteiger partial charge in [0.15, 0.2) is 0 Å². The predicted octanol–water partition coefficient (Wildman–Crippen LogP) is 2.52. The third-order valence-electron chi connectivity index (χ3n) is 2.79. The van der Waals surface area contributed by atoms with Crippen LogP contribution in [0.4, 0.5) is 0 Å². The highest BCUT2D eigenvalue weighted by Crippen LogP contribution is 2.13. The number of carbonyl (C=O) groups excluding carboxylic acids is 1. The van der Waals surface area contributed by atoms with Gasteiger partial charge in [-0.25, -0.2) is 0 Å². The smallest absolute Gasteiger partial charge is 0.289 e. The van der Waals surface area contributed by atoms with Crippen LogP contribution in [0.15, 0.2) is 40.9 Å². The Bertz CT molecular complexity index is 520. The molecule has 1 aromatic heterocycles. The second kappa shape index (κ2) is 5.49. The number of nitrogens with one attached hydrogen (secondary N) is 1. The summed E-state index contributed by atoms with van der Waals surface area (Å²) < 4.78 is 4.90. The minimum absolute atomic E-state index is 0.224. The molecule has 4 heteroatoms. The summed E-state index contributed by atoms with van der Waals surface area (Å²) in [6.45, 7) is 4.43. The minimum atomic E-state index is -0.224. The molecule has 1 heterocycles. The lowest BCUT2D eigenvalue weighted by Crippen LogP contribution is -2.27. The number of hydrogen-bond donors (Lipinski definition) is 1. The maximum absolute atomic E-state index is 11.7. The van der Waals surface area contributed by atoms with E-state index in [1.54, 1.807) is 13.0 Å². The largest absolute Gasteiger partial charge is 0.351 e. The number of aryl methyl sites for hydroxylation is 1. The van der Waals surface area contributed by atoms with Crippen molar-refractivity contribution < 1.29 is 9.32 Å². The van der Waals surface area contributed by atoms with Gasteiger partial charge in [0.2, 0.25) is 5.76 Å². The van der Waals surface area contributed by atoms with Crippen molar-refractivity contribution >= 4 is 5.91 Å². The summed E-state index contributed by atoms with van der Waals surface area (Å²) in [5.74, 6) is 0.297. The van der Waals surface area contributed by atoms with E-state index in [1.165, 1.54) is 5.56 Å². The van der Waals surface area contributed by atoms with Crippen molar-refractivity contribution in [1.82, 2.24) is 10.5 Å². The molecule has 2 rings (SSSR count). The van der Waals surface area contributed by atoms with E-state index in [9.17, 15) is 4.79 Å². The Morgan fingerprint density at radius 1 is 1.39 bits per heavy atom. The van der Waals surface area contributed by atoms with Gasteiger partial charge in [0.25, 0.3) is 5.91 Å². The fraction of sp³-hybridized carbons (Fsp3) is 0.286. The van der Waals surface area contributed by atoms with E-state index in [1.807, 2.05) is 18.2 Å². The van der Waals surface area contributed by atoms with Gasteiger partial charge in [0, 0.05) is 12.6 Å². The fourth-order valence-corrected chi connectivity index (χ4v) is 1.70. The lowest BCUT2D eigenvalue weighted by atomic mass is 10.0. The standard InChI is InChI=1S/C14H16N2O2/c1-10(12-6-4-3-5-7-12)9-15-14(17)13-8-11(2)16-18-13/h3-8,10H,9H2,1-2H3,(H,15,17)/t10-/m0/s1. The SMILES string of the molecule is Cc1cc(C(=O)NC[C@H](C)c2ccccc2)on1. The van der Waals surface area contributed by atoms with Crippen LogP contribution in [0, 0.1) is 6.92 Å². The van der Waals surface area contributed by atoms with Crippen LogP contribution in [0.1, 0.15) is 34.7 Å². The monoisotopic (exact) mass is 244 g/mol. The first kappa shape index (κ1) is 12.4. The number of aromatic nitrogens is 1. The van der Waals surface area contributed by atoms with Crippen molar-refractivity contribution in [3.05, 3.63) is 53.4 Å². The van der Waals surface area contributed by atoms with Crippen LogP contribution in [-0.4, -0.2) is 17.6 Å². The molecule has 18 heavy (non-hydrogen) atoms. The van der Waals surface area contributed by atoms with Crippen LogP contribution in [0.25, 0.3) is 0 Å². The van der Waals surface area contributed by atoms with Crippen LogP contribution >= 0.6 is 0 Å². The van der Waals surface area contributed by atoms with Crippen LogP contribution < -0.4 is 5.32 Å². The third-order valence-corrected chi connectivity index (χ3v) is 2.79. The average molecular weight is 244 g/mol. The van der Waals surface area contributed by atoms with Crippen molar-refractivity contribution in [3.63, 3.8) is 0 Å². The number of amides is 1. The minimum Gasteiger partial charge on any atom is -0.351 e. The van der Waals surface area contributed by atoms with E-state index in [4.69, 9.17) is 4.52 Å². The predicted molar refractivity (Wildman–Crippen MR) is 68.4 cm³/mol. The highest BCUT2D eigenvalue weighted by atomic mass is 16.5. The van der Waals surface area contributed by atoms with Crippen molar-refractivity contribution in [1.29, 1.82) is 0 Å². The van der Waals surface area contributed by atoms with E-state index < -0.39 is 0 Å². The van der Waals surface area contributed by atoms with Gasteiger partial charge in [-0.3, -0.25) is 4.79 Å². The zero-order valence-corrected chi connectivity index (χ0v) is 10.5. The number of carbonyl (C=O) groups is 1. The van der Waals surface area contributed by atoms with Crippen LogP contribution in [-0.2, 0) is 0 Å². The summed E-state index contributed by atoms with van der Waals surface area (Å²) in [5, 5.41) is 6.52. The molecule has 94 valence electrons. The number of rotatable bonds is 4. The van der Waals surface area contributed by atoms with E-state index in [0.717, 1.165) is 0 Å². The molecule has 0 radical (unpaired) electrons. The van der Waals surface area contributed by atoms with Crippen molar-refractivity contribution in [3.8, 4) is 0 Å². The molecule has 0 saturated heterocycles. The van der Waals surface area contributed by atoms with E-state index >= 15 is 0 Å². The van der Waals surface area contributed by atoms with Gasteiger partial charge in [0.1, 0.15) is 0 Å². The second-order valence-electron chi connectivity index (χ2n) is 4.35. The second-order valence-corrected chi connectivity index (χ2v) is 4.35.